The van der Waals surface area contributed by atoms with Crippen molar-refractivity contribution in [1.29, 1.82) is 0 Å². The number of aryl methyl sites for hydroxylation is 1. The van der Waals surface area contributed by atoms with Crippen molar-refractivity contribution >= 4 is 27.3 Å². The zero-order chi connectivity index (χ0) is 22.7. The van der Waals surface area contributed by atoms with E-state index in [1.165, 1.54) is 30.3 Å². The first-order chi connectivity index (χ1) is 15.3. The molecular weight excluding hydrogens is 438 g/mol. The third-order valence-corrected chi connectivity index (χ3v) is 6.43. The van der Waals surface area contributed by atoms with Gasteiger partial charge in [-0.2, -0.15) is 8.78 Å². The molecule has 0 aliphatic carbocycles. The minimum atomic E-state index is -3.94. The van der Waals surface area contributed by atoms with Crippen molar-refractivity contribution < 1.29 is 26.7 Å². The van der Waals surface area contributed by atoms with Crippen molar-refractivity contribution in [2.45, 2.75) is 30.8 Å². The lowest BCUT2D eigenvalue weighted by Crippen LogP contribution is -2.20. The average Bonchev–Trinajstić information content (AvgIpc) is 2.75. The minimum Gasteiger partial charge on any atom is -0.435 e. The van der Waals surface area contributed by atoms with E-state index < -0.39 is 16.6 Å². The number of fused-ring (bicyclic) bond motifs is 1. The monoisotopic (exact) mass is 458 g/mol. The lowest BCUT2D eigenvalue weighted by atomic mass is 10.0. The Bertz CT molecular complexity index is 1250. The van der Waals surface area contributed by atoms with Crippen LogP contribution in [0.15, 0.2) is 71.6 Å². The molecule has 1 heterocycles. The van der Waals surface area contributed by atoms with E-state index >= 15 is 0 Å². The molecule has 4 rings (SSSR count). The van der Waals surface area contributed by atoms with Crippen LogP contribution >= 0.6 is 0 Å². The first-order valence-electron chi connectivity index (χ1n) is 9.87. The number of rotatable bonds is 7. The molecule has 32 heavy (non-hydrogen) atoms. The number of hydrogen-bond acceptors (Lipinski definition) is 4. The number of anilines is 2. The average molecular weight is 458 g/mol. The predicted molar refractivity (Wildman–Crippen MR) is 117 cm³/mol. The number of amides is 1. The molecule has 166 valence electrons. The first kappa shape index (κ1) is 21.8. The Morgan fingerprint density at radius 1 is 1.00 bits per heavy atom. The van der Waals surface area contributed by atoms with Gasteiger partial charge in [0, 0.05) is 29.8 Å². The Morgan fingerprint density at radius 2 is 1.78 bits per heavy atom. The highest BCUT2D eigenvalue weighted by molar-refractivity contribution is 7.92. The van der Waals surface area contributed by atoms with Gasteiger partial charge in [0.1, 0.15) is 5.75 Å². The molecule has 0 bridgehead atoms. The summed E-state index contributed by atoms with van der Waals surface area (Å²) < 4.78 is 58.6. The summed E-state index contributed by atoms with van der Waals surface area (Å²) in [7, 11) is -3.94. The van der Waals surface area contributed by atoms with E-state index in [1.807, 2.05) is 30.3 Å². The first-order valence-corrected chi connectivity index (χ1v) is 11.4. The van der Waals surface area contributed by atoms with Gasteiger partial charge in [-0.15, -0.1) is 0 Å². The minimum absolute atomic E-state index is 0.0173. The van der Waals surface area contributed by atoms with Crippen LogP contribution in [0, 0.1) is 0 Å². The fraction of sp³-hybridized carbons (Fsp3) is 0.174. The zero-order valence-electron chi connectivity index (χ0n) is 16.8. The number of alkyl halides is 2. The number of carbonyl (C=O) groups is 1. The molecule has 6 nitrogen and oxygen atoms in total. The summed E-state index contributed by atoms with van der Waals surface area (Å²) >= 11 is 0. The van der Waals surface area contributed by atoms with Crippen molar-refractivity contribution in [1.82, 2.24) is 0 Å². The van der Waals surface area contributed by atoms with Crippen LogP contribution in [0.2, 0.25) is 0 Å². The standard InChI is InChI=1S/C23H20F2N2O4S/c24-23(25)31-21-10-7-18(13-17(21)12-15-4-2-1-3-5-15)27-32(29,30)19-8-9-20-16(14-19)6-11-22(28)26-20/h1-5,7-10,13-14,23,27H,6,11-12H2,(H,26,28). The lowest BCUT2D eigenvalue weighted by molar-refractivity contribution is -0.116. The molecule has 0 radical (unpaired) electrons. The Morgan fingerprint density at radius 3 is 2.53 bits per heavy atom. The van der Waals surface area contributed by atoms with Crippen molar-refractivity contribution in [3.05, 3.63) is 83.4 Å². The van der Waals surface area contributed by atoms with Gasteiger partial charge in [0.05, 0.1) is 4.90 Å². The van der Waals surface area contributed by atoms with E-state index in [2.05, 4.69) is 14.8 Å². The van der Waals surface area contributed by atoms with Crippen LogP contribution in [0.4, 0.5) is 20.2 Å². The van der Waals surface area contributed by atoms with Crippen molar-refractivity contribution in [2.75, 3.05) is 10.0 Å². The molecule has 0 saturated carbocycles. The smallest absolute Gasteiger partial charge is 0.387 e. The van der Waals surface area contributed by atoms with Crippen LogP contribution in [-0.2, 0) is 27.7 Å². The molecule has 3 aromatic carbocycles. The van der Waals surface area contributed by atoms with Crippen LogP contribution in [0.1, 0.15) is 23.1 Å². The summed E-state index contributed by atoms with van der Waals surface area (Å²) in [6.45, 7) is -3.00. The van der Waals surface area contributed by atoms with Gasteiger partial charge in [-0.25, -0.2) is 8.42 Å². The molecule has 1 amide bonds. The molecule has 9 heteroatoms. The largest absolute Gasteiger partial charge is 0.435 e. The number of halogens is 2. The van der Waals surface area contributed by atoms with Gasteiger partial charge in [0.15, 0.2) is 0 Å². The highest BCUT2D eigenvalue weighted by Crippen LogP contribution is 2.30. The fourth-order valence-electron chi connectivity index (χ4n) is 3.55. The van der Waals surface area contributed by atoms with Crippen molar-refractivity contribution in [3.63, 3.8) is 0 Å². The SMILES string of the molecule is O=C1CCc2cc(S(=O)(=O)Nc3ccc(OC(F)F)c(Cc4ccccc4)c3)ccc2N1. The van der Waals surface area contributed by atoms with Crippen LogP contribution in [-0.4, -0.2) is 20.9 Å². The summed E-state index contributed by atoms with van der Waals surface area (Å²) in [5.74, 6) is -0.125. The molecule has 1 aliphatic heterocycles. The summed E-state index contributed by atoms with van der Waals surface area (Å²) in [4.78, 5) is 11.6. The molecule has 3 aromatic rings. The van der Waals surface area contributed by atoms with E-state index in [0.717, 1.165) is 11.1 Å². The number of carbonyl (C=O) groups excluding carboxylic acids is 1. The summed E-state index contributed by atoms with van der Waals surface area (Å²) in [6, 6.07) is 17.9. The molecule has 0 unspecified atom stereocenters. The third kappa shape index (κ3) is 5.05. The van der Waals surface area contributed by atoms with E-state index in [-0.39, 0.29) is 28.7 Å². The number of benzene rings is 3. The molecule has 1 aliphatic rings. The number of nitrogens with one attached hydrogen (secondary N) is 2. The second-order valence-electron chi connectivity index (χ2n) is 7.34. The van der Waals surface area contributed by atoms with Gasteiger partial charge in [0.25, 0.3) is 10.0 Å². The maximum absolute atomic E-state index is 12.9. The number of sulfonamides is 1. The Labute approximate surface area is 184 Å². The van der Waals surface area contributed by atoms with E-state index in [4.69, 9.17) is 0 Å². The maximum atomic E-state index is 12.9. The lowest BCUT2D eigenvalue weighted by Gasteiger charge is -2.18. The molecule has 0 aromatic heterocycles. The van der Waals surface area contributed by atoms with Crippen LogP contribution in [0.5, 0.6) is 5.75 Å². The second-order valence-corrected chi connectivity index (χ2v) is 9.02. The summed E-state index contributed by atoms with van der Waals surface area (Å²) in [5, 5.41) is 2.71. The molecule has 0 atom stereocenters. The normalized spacial score (nSPS) is 13.4. The topological polar surface area (TPSA) is 84.5 Å². The Hall–Kier alpha value is -3.46. The van der Waals surface area contributed by atoms with E-state index in [0.29, 0.717) is 24.1 Å². The molecule has 0 saturated heterocycles. The van der Waals surface area contributed by atoms with Gasteiger partial charge in [-0.1, -0.05) is 30.3 Å². The van der Waals surface area contributed by atoms with Gasteiger partial charge >= 0.3 is 6.61 Å². The van der Waals surface area contributed by atoms with E-state index in [1.54, 1.807) is 6.07 Å². The summed E-state index contributed by atoms with van der Waals surface area (Å²) in [6.07, 6.45) is 1.03. The van der Waals surface area contributed by atoms with Crippen molar-refractivity contribution in [3.8, 4) is 5.75 Å². The number of hydrogen-bond donors (Lipinski definition) is 2. The summed E-state index contributed by atoms with van der Waals surface area (Å²) in [5.41, 5.74) is 2.84. The maximum Gasteiger partial charge on any atom is 0.387 e. The van der Waals surface area contributed by atoms with Gasteiger partial charge in [-0.3, -0.25) is 9.52 Å². The second kappa shape index (κ2) is 8.96. The molecule has 0 spiro atoms. The van der Waals surface area contributed by atoms with E-state index in [9.17, 15) is 22.0 Å². The van der Waals surface area contributed by atoms with Crippen LogP contribution in [0.3, 0.4) is 0 Å². The molecule has 0 fully saturated rings. The Balaban J connectivity index is 1.61. The Kier molecular flexibility index (Phi) is 6.09. The van der Waals surface area contributed by atoms with Crippen LogP contribution in [0.25, 0.3) is 0 Å². The third-order valence-electron chi connectivity index (χ3n) is 5.05. The molecular formula is C23H20F2N2O4S. The van der Waals surface area contributed by atoms with Crippen LogP contribution < -0.4 is 14.8 Å². The fourth-order valence-corrected chi connectivity index (χ4v) is 4.65. The van der Waals surface area contributed by atoms with Gasteiger partial charge in [-0.05, 0) is 53.9 Å². The van der Waals surface area contributed by atoms with Crippen molar-refractivity contribution in [2.24, 2.45) is 0 Å². The quantitative estimate of drug-likeness (QED) is 0.544. The zero-order valence-corrected chi connectivity index (χ0v) is 17.7. The van der Waals surface area contributed by atoms with Gasteiger partial charge < -0.3 is 10.1 Å². The highest BCUT2D eigenvalue weighted by Gasteiger charge is 2.21. The predicted octanol–water partition coefficient (Wildman–Crippen LogP) is 4.56. The molecule has 2 N–H and O–H groups in total. The van der Waals surface area contributed by atoms with Gasteiger partial charge in [0.2, 0.25) is 5.91 Å². The highest BCUT2D eigenvalue weighted by atomic mass is 32.2. The number of ether oxygens (including phenoxy) is 1.